The molecule has 0 aliphatic carbocycles. The Kier molecular flexibility index (Phi) is 4.02. The average molecular weight is 277 g/mol. The van der Waals surface area contributed by atoms with Crippen molar-refractivity contribution in [3.8, 4) is 0 Å². The number of benzene rings is 1. The number of hydrogen-bond donors (Lipinski definition) is 1. The third-order valence-electron chi connectivity index (χ3n) is 2.75. The lowest BCUT2D eigenvalue weighted by molar-refractivity contribution is 0.0696. The van der Waals surface area contributed by atoms with Gasteiger partial charge in [-0.2, -0.15) is 0 Å². The third-order valence-corrected chi connectivity index (χ3v) is 3.12. The number of hydrogen-bond acceptors (Lipinski definition) is 3. The van der Waals surface area contributed by atoms with Gasteiger partial charge in [-0.1, -0.05) is 29.8 Å². The molecule has 1 aromatic heterocycles. The zero-order valence-corrected chi connectivity index (χ0v) is 11.1. The molecule has 0 saturated heterocycles. The first kappa shape index (κ1) is 13.4. The fourth-order valence-electron chi connectivity index (χ4n) is 1.70. The third kappa shape index (κ3) is 3.23. The number of anilines is 1. The van der Waals surface area contributed by atoms with Gasteiger partial charge in [0.15, 0.2) is 0 Å². The van der Waals surface area contributed by atoms with Crippen LogP contribution < -0.4 is 4.90 Å². The number of rotatable bonds is 4. The summed E-state index contributed by atoms with van der Waals surface area (Å²) in [6, 6.07) is 10.8. The molecule has 0 aliphatic heterocycles. The number of nitrogens with zero attached hydrogens (tertiary/aromatic N) is 2. The maximum absolute atomic E-state index is 10.7. The minimum atomic E-state index is -0.979. The molecule has 0 amide bonds. The van der Waals surface area contributed by atoms with E-state index in [1.165, 1.54) is 12.3 Å². The number of carboxylic acid groups (broad SMARTS) is 1. The predicted molar refractivity (Wildman–Crippen MR) is 74.8 cm³/mol. The number of carboxylic acids is 1. The van der Waals surface area contributed by atoms with E-state index in [2.05, 4.69) is 4.98 Å². The highest BCUT2D eigenvalue weighted by molar-refractivity contribution is 6.31. The molecule has 5 heteroatoms. The van der Waals surface area contributed by atoms with Crippen molar-refractivity contribution in [3.05, 3.63) is 58.7 Å². The van der Waals surface area contributed by atoms with E-state index in [1.54, 1.807) is 6.07 Å². The van der Waals surface area contributed by atoms with E-state index in [9.17, 15) is 4.79 Å². The Morgan fingerprint density at radius 3 is 2.63 bits per heavy atom. The van der Waals surface area contributed by atoms with Gasteiger partial charge in [-0.3, -0.25) is 0 Å². The van der Waals surface area contributed by atoms with Gasteiger partial charge in [0, 0.05) is 24.8 Å². The summed E-state index contributed by atoms with van der Waals surface area (Å²) in [5.74, 6) is -0.280. The van der Waals surface area contributed by atoms with E-state index in [0.717, 1.165) is 5.56 Å². The summed E-state index contributed by atoms with van der Waals surface area (Å²) in [4.78, 5) is 16.8. The number of halogens is 1. The Morgan fingerprint density at radius 2 is 2.05 bits per heavy atom. The number of pyridine rings is 1. The summed E-state index contributed by atoms with van der Waals surface area (Å²) in [6.07, 6.45) is 1.35. The van der Waals surface area contributed by atoms with Crippen LogP contribution in [0.2, 0.25) is 5.02 Å². The molecule has 98 valence electrons. The van der Waals surface area contributed by atoms with Crippen LogP contribution in [0.3, 0.4) is 0 Å². The first-order chi connectivity index (χ1) is 9.08. The van der Waals surface area contributed by atoms with Gasteiger partial charge in [0.2, 0.25) is 0 Å². The van der Waals surface area contributed by atoms with Crippen molar-refractivity contribution in [2.45, 2.75) is 6.54 Å². The summed E-state index contributed by atoms with van der Waals surface area (Å²) in [7, 11) is 1.88. The maximum atomic E-state index is 10.7. The topological polar surface area (TPSA) is 53.4 Å². The van der Waals surface area contributed by atoms with Crippen LogP contribution in [-0.2, 0) is 6.54 Å². The number of aromatic nitrogens is 1. The van der Waals surface area contributed by atoms with Crippen LogP contribution in [0.1, 0.15) is 15.9 Å². The highest BCUT2D eigenvalue weighted by Crippen LogP contribution is 2.19. The molecule has 0 unspecified atom stereocenters. The van der Waals surface area contributed by atoms with Gasteiger partial charge in [-0.05, 0) is 23.8 Å². The second-order valence-electron chi connectivity index (χ2n) is 4.16. The predicted octanol–water partition coefficient (Wildman–Crippen LogP) is 3.07. The Bertz CT molecular complexity index is 584. The molecule has 0 radical (unpaired) electrons. The summed E-state index contributed by atoms with van der Waals surface area (Å²) in [6.45, 7) is 0.610. The first-order valence-electron chi connectivity index (χ1n) is 5.72. The molecule has 0 spiro atoms. The van der Waals surface area contributed by atoms with Crippen molar-refractivity contribution in [3.63, 3.8) is 0 Å². The normalized spacial score (nSPS) is 10.2. The highest BCUT2D eigenvalue weighted by Gasteiger charge is 2.08. The quantitative estimate of drug-likeness (QED) is 0.932. The fourth-order valence-corrected chi connectivity index (χ4v) is 1.90. The SMILES string of the molecule is CN(Cc1ccccc1Cl)c1ccc(C(=O)O)cn1. The van der Waals surface area contributed by atoms with Crippen LogP contribution in [0.5, 0.6) is 0 Å². The van der Waals surface area contributed by atoms with E-state index >= 15 is 0 Å². The van der Waals surface area contributed by atoms with Crippen LogP contribution in [0.15, 0.2) is 42.6 Å². The van der Waals surface area contributed by atoms with E-state index in [0.29, 0.717) is 17.4 Å². The second-order valence-corrected chi connectivity index (χ2v) is 4.56. The fraction of sp³-hybridized carbons (Fsp3) is 0.143. The maximum Gasteiger partial charge on any atom is 0.337 e. The Balaban J connectivity index is 2.14. The molecule has 1 heterocycles. The van der Waals surface area contributed by atoms with Gasteiger partial charge in [0.05, 0.1) is 5.56 Å². The number of aromatic carboxylic acids is 1. The van der Waals surface area contributed by atoms with Gasteiger partial charge in [0.1, 0.15) is 5.82 Å². The Hall–Kier alpha value is -2.07. The summed E-state index contributed by atoms with van der Waals surface area (Å²) in [5, 5.41) is 9.52. The summed E-state index contributed by atoms with van der Waals surface area (Å²) < 4.78 is 0. The largest absolute Gasteiger partial charge is 0.478 e. The Morgan fingerprint density at radius 1 is 1.32 bits per heavy atom. The lowest BCUT2D eigenvalue weighted by Crippen LogP contribution is -2.18. The molecular weight excluding hydrogens is 264 g/mol. The van der Waals surface area contributed by atoms with E-state index in [-0.39, 0.29) is 5.56 Å². The van der Waals surface area contributed by atoms with Crippen molar-refractivity contribution >= 4 is 23.4 Å². The lowest BCUT2D eigenvalue weighted by Gasteiger charge is -2.18. The molecule has 4 nitrogen and oxygen atoms in total. The molecular formula is C14H13ClN2O2. The standard InChI is InChI=1S/C14H13ClN2O2/c1-17(9-11-4-2-3-5-12(11)15)13-7-6-10(8-16-13)14(18)19/h2-8H,9H2,1H3,(H,18,19). The van der Waals surface area contributed by atoms with Gasteiger partial charge in [-0.15, -0.1) is 0 Å². The van der Waals surface area contributed by atoms with Crippen molar-refractivity contribution in [1.82, 2.24) is 4.98 Å². The molecule has 2 aromatic rings. The van der Waals surface area contributed by atoms with Crippen molar-refractivity contribution < 1.29 is 9.90 Å². The molecule has 1 N–H and O–H groups in total. The van der Waals surface area contributed by atoms with Crippen LogP contribution >= 0.6 is 11.6 Å². The van der Waals surface area contributed by atoms with Crippen LogP contribution in [0.25, 0.3) is 0 Å². The van der Waals surface area contributed by atoms with Crippen molar-refractivity contribution in [2.24, 2.45) is 0 Å². The van der Waals surface area contributed by atoms with Crippen molar-refractivity contribution in [2.75, 3.05) is 11.9 Å². The van der Waals surface area contributed by atoms with Gasteiger partial charge >= 0.3 is 5.97 Å². The van der Waals surface area contributed by atoms with Crippen molar-refractivity contribution in [1.29, 1.82) is 0 Å². The summed E-state index contributed by atoms with van der Waals surface area (Å²) >= 11 is 6.10. The molecule has 0 aliphatic rings. The minimum Gasteiger partial charge on any atom is -0.478 e. The van der Waals surface area contributed by atoms with E-state index in [4.69, 9.17) is 16.7 Å². The van der Waals surface area contributed by atoms with Crippen LogP contribution in [0, 0.1) is 0 Å². The van der Waals surface area contributed by atoms with Crippen LogP contribution in [0.4, 0.5) is 5.82 Å². The molecule has 0 fully saturated rings. The van der Waals surface area contributed by atoms with E-state index in [1.807, 2.05) is 36.2 Å². The molecule has 19 heavy (non-hydrogen) atoms. The second kappa shape index (κ2) is 5.71. The smallest absolute Gasteiger partial charge is 0.337 e. The average Bonchev–Trinajstić information content (AvgIpc) is 2.41. The summed E-state index contributed by atoms with van der Waals surface area (Å²) in [5.41, 5.74) is 1.17. The number of carbonyl (C=O) groups is 1. The van der Waals surface area contributed by atoms with Gasteiger partial charge in [0.25, 0.3) is 0 Å². The molecule has 0 atom stereocenters. The zero-order chi connectivity index (χ0) is 13.8. The molecule has 0 saturated carbocycles. The highest BCUT2D eigenvalue weighted by atomic mass is 35.5. The zero-order valence-electron chi connectivity index (χ0n) is 10.4. The van der Waals surface area contributed by atoms with E-state index < -0.39 is 5.97 Å². The van der Waals surface area contributed by atoms with Gasteiger partial charge in [-0.25, -0.2) is 9.78 Å². The molecule has 1 aromatic carbocycles. The minimum absolute atomic E-state index is 0.176. The lowest BCUT2D eigenvalue weighted by atomic mass is 10.2. The van der Waals surface area contributed by atoms with Crippen LogP contribution in [-0.4, -0.2) is 23.1 Å². The molecule has 2 rings (SSSR count). The first-order valence-corrected chi connectivity index (χ1v) is 6.09. The van der Waals surface area contributed by atoms with Gasteiger partial charge < -0.3 is 10.0 Å². The molecule has 0 bridgehead atoms. The Labute approximate surface area is 116 Å². The monoisotopic (exact) mass is 276 g/mol.